The maximum atomic E-state index is 11.5. The quantitative estimate of drug-likeness (QED) is 0.609. The minimum atomic E-state index is -1.06. The molecule has 3 nitrogen and oxygen atoms in total. The first-order valence-electron chi connectivity index (χ1n) is 5.15. The van der Waals surface area contributed by atoms with Crippen molar-refractivity contribution in [3.63, 3.8) is 0 Å². The maximum Gasteiger partial charge on any atom is 0.314 e. The van der Waals surface area contributed by atoms with Crippen LogP contribution in [-0.4, -0.2) is 16.9 Å². The van der Waals surface area contributed by atoms with Crippen molar-refractivity contribution in [3.05, 3.63) is 42.0 Å². The first-order valence-corrected chi connectivity index (χ1v) is 5.15. The summed E-state index contributed by atoms with van der Waals surface area (Å²) < 4.78 is 0. The van der Waals surface area contributed by atoms with Gasteiger partial charge >= 0.3 is 5.97 Å². The molecule has 0 saturated carbocycles. The Balaban J connectivity index is 2.71. The van der Waals surface area contributed by atoms with Gasteiger partial charge < -0.3 is 5.11 Å². The average molecular weight is 218 g/mol. The van der Waals surface area contributed by atoms with Crippen molar-refractivity contribution >= 4 is 17.8 Å². The smallest absolute Gasteiger partial charge is 0.314 e. The van der Waals surface area contributed by atoms with Gasteiger partial charge in [0.15, 0.2) is 5.78 Å². The lowest BCUT2D eigenvalue weighted by atomic mass is 10.0. The molecule has 1 aromatic carbocycles. The molecule has 0 heterocycles. The summed E-state index contributed by atoms with van der Waals surface area (Å²) in [4.78, 5) is 22.3. The third-order valence-corrected chi connectivity index (χ3v) is 2.29. The molecule has 84 valence electrons. The molecule has 0 aliphatic rings. The van der Waals surface area contributed by atoms with Crippen LogP contribution in [-0.2, 0) is 9.59 Å². The van der Waals surface area contributed by atoms with E-state index in [-0.39, 0.29) is 5.78 Å². The van der Waals surface area contributed by atoms with E-state index in [1.807, 2.05) is 30.3 Å². The lowest BCUT2D eigenvalue weighted by Crippen LogP contribution is -2.21. The Kier molecular flexibility index (Phi) is 4.45. The van der Waals surface area contributed by atoms with Crippen LogP contribution in [0.25, 0.3) is 6.08 Å². The number of hydrogen-bond donors (Lipinski definition) is 1. The van der Waals surface area contributed by atoms with Crippen molar-refractivity contribution in [1.82, 2.24) is 0 Å². The fraction of sp³-hybridized carbons (Fsp3) is 0.231. The number of carboxylic acid groups (broad SMARTS) is 1. The topological polar surface area (TPSA) is 54.4 Å². The van der Waals surface area contributed by atoms with Crippen molar-refractivity contribution in [2.75, 3.05) is 0 Å². The van der Waals surface area contributed by atoms with Crippen LogP contribution in [0.15, 0.2) is 36.4 Å². The molecule has 3 heteroatoms. The van der Waals surface area contributed by atoms with Crippen LogP contribution >= 0.6 is 0 Å². The Morgan fingerprint density at radius 3 is 2.44 bits per heavy atom. The SMILES string of the molecule is CCC(C(=O)O)C(=O)C=Cc1ccccc1. The molecule has 0 bridgehead atoms. The Hall–Kier alpha value is -1.90. The van der Waals surface area contributed by atoms with Crippen LogP contribution < -0.4 is 0 Å². The third-order valence-electron chi connectivity index (χ3n) is 2.29. The molecule has 0 radical (unpaired) electrons. The number of aliphatic carboxylic acids is 1. The summed E-state index contributed by atoms with van der Waals surface area (Å²) in [6.07, 6.45) is 3.28. The number of hydrogen-bond acceptors (Lipinski definition) is 2. The van der Waals surface area contributed by atoms with Gasteiger partial charge in [-0.2, -0.15) is 0 Å². The Bertz CT molecular complexity index is 393. The molecule has 0 amide bonds. The van der Waals surface area contributed by atoms with Crippen LogP contribution in [0.1, 0.15) is 18.9 Å². The van der Waals surface area contributed by atoms with Gasteiger partial charge in [-0.05, 0) is 18.1 Å². The summed E-state index contributed by atoms with van der Waals surface area (Å²) in [5.41, 5.74) is 0.885. The van der Waals surface area contributed by atoms with Gasteiger partial charge in [0, 0.05) is 0 Å². The lowest BCUT2D eigenvalue weighted by Gasteiger charge is -2.03. The predicted octanol–water partition coefficient (Wildman–Crippen LogP) is 2.38. The average Bonchev–Trinajstić information content (AvgIpc) is 2.28. The van der Waals surface area contributed by atoms with Crippen molar-refractivity contribution in [2.24, 2.45) is 5.92 Å². The van der Waals surface area contributed by atoms with E-state index in [4.69, 9.17) is 5.11 Å². The molecule has 1 rings (SSSR count). The molecule has 16 heavy (non-hydrogen) atoms. The molecule has 1 N–H and O–H groups in total. The molecule has 0 fully saturated rings. The van der Waals surface area contributed by atoms with E-state index < -0.39 is 11.9 Å². The largest absolute Gasteiger partial charge is 0.481 e. The Labute approximate surface area is 94.4 Å². The van der Waals surface area contributed by atoms with Crippen LogP contribution in [0.5, 0.6) is 0 Å². The van der Waals surface area contributed by atoms with Crippen molar-refractivity contribution in [3.8, 4) is 0 Å². The van der Waals surface area contributed by atoms with Crippen LogP contribution in [0.3, 0.4) is 0 Å². The molecule has 0 saturated heterocycles. The molecule has 0 aromatic heterocycles. The van der Waals surface area contributed by atoms with E-state index in [1.165, 1.54) is 6.08 Å². The van der Waals surface area contributed by atoms with Gasteiger partial charge in [-0.15, -0.1) is 0 Å². The van der Waals surface area contributed by atoms with E-state index in [1.54, 1.807) is 13.0 Å². The molecule has 1 atom stereocenters. The second-order valence-electron chi connectivity index (χ2n) is 3.45. The molecule has 1 aromatic rings. The van der Waals surface area contributed by atoms with Gasteiger partial charge in [-0.1, -0.05) is 43.3 Å². The third kappa shape index (κ3) is 3.35. The number of carboxylic acids is 1. The monoisotopic (exact) mass is 218 g/mol. The van der Waals surface area contributed by atoms with Crippen molar-refractivity contribution in [1.29, 1.82) is 0 Å². The van der Waals surface area contributed by atoms with Gasteiger partial charge in [0.2, 0.25) is 0 Å². The van der Waals surface area contributed by atoms with E-state index in [0.29, 0.717) is 6.42 Å². The Morgan fingerprint density at radius 2 is 1.94 bits per heavy atom. The summed E-state index contributed by atoms with van der Waals surface area (Å²) in [6.45, 7) is 1.69. The van der Waals surface area contributed by atoms with E-state index >= 15 is 0 Å². The highest BCUT2D eigenvalue weighted by Crippen LogP contribution is 2.08. The standard InChI is InChI=1S/C13H14O3/c1-2-11(13(15)16)12(14)9-8-10-6-4-3-5-7-10/h3-9,11H,2H2,1H3,(H,15,16). The highest BCUT2D eigenvalue weighted by atomic mass is 16.4. The maximum absolute atomic E-state index is 11.5. The first-order chi connectivity index (χ1) is 7.65. The zero-order chi connectivity index (χ0) is 12.0. The highest BCUT2D eigenvalue weighted by Gasteiger charge is 2.21. The van der Waals surface area contributed by atoms with E-state index in [0.717, 1.165) is 5.56 Å². The zero-order valence-electron chi connectivity index (χ0n) is 9.09. The second kappa shape index (κ2) is 5.85. The molecular formula is C13H14O3. The normalized spacial score (nSPS) is 12.6. The summed E-state index contributed by atoms with van der Waals surface area (Å²) in [5.74, 6) is -2.36. The van der Waals surface area contributed by atoms with E-state index in [2.05, 4.69) is 0 Å². The zero-order valence-corrected chi connectivity index (χ0v) is 9.09. The summed E-state index contributed by atoms with van der Waals surface area (Å²) in [7, 11) is 0. The lowest BCUT2D eigenvalue weighted by molar-refractivity contribution is -0.145. The second-order valence-corrected chi connectivity index (χ2v) is 3.45. The van der Waals surface area contributed by atoms with E-state index in [9.17, 15) is 9.59 Å². The number of carbonyl (C=O) groups excluding carboxylic acids is 1. The number of ketones is 1. The van der Waals surface area contributed by atoms with Crippen LogP contribution in [0.4, 0.5) is 0 Å². The number of benzene rings is 1. The Morgan fingerprint density at radius 1 is 1.31 bits per heavy atom. The molecule has 0 spiro atoms. The van der Waals surface area contributed by atoms with Crippen LogP contribution in [0, 0.1) is 5.92 Å². The first kappa shape index (κ1) is 12.2. The minimum Gasteiger partial charge on any atom is -0.481 e. The van der Waals surface area contributed by atoms with Crippen LogP contribution in [0.2, 0.25) is 0 Å². The minimum absolute atomic E-state index is 0.313. The van der Waals surface area contributed by atoms with Gasteiger partial charge in [0.25, 0.3) is 0 Å². The van der Waals surface area contributed by atoms with Gasteiger partial charge in [-0.25, -0.2) is 0 Å². The highest BCUT2D eigenvalue weighted by molar-refractivity contribution is 6.06. The number of allylic oxidation sites excluding steroid dienone is 1. The number of rotatable bonds is 5. The summed E-state index contributed by atoms with van der Waals surface area (Å²) in [5, 5.41) is 8.79. The fourth-order valence-corrected chi connectivity index (χ4v) is 1.36. The molecule has 0 aliphatic heterocycles. The molecular weight excluding hydrogens is 204 g/mol. The van der Waals surface area contributed by atoms with Gasteiger partial charge in [0.05, 0.1) is 0 Å². The van der Waals surface area contributed by atoms with Crippen molar-refractivity contribution < 1.29 is 14.7 Å². The molecule has 1 unspecified atom stereocenters. The summed E-state index contributed by atoms with van der Waals surface area (Å²) >= 11 is 0. The van der Waals surface area contributed by atoms with Gasteiger partial charge in [-0.3, -0.25) is 9.59 Å². The number of carbonyl (C=O) groups is 2. The fourth-order valence-electron chi connectivity index (χ4n) is 1.36. The predicted molar refractivity (Wildman–Crippen MR) is 61.9 cm³/mol. The van der Waals surface area contributed by atoms with Crippen molar-refractivity contribution in [2.45, 2.75) is 13.3 Å². The van der Waals surface area contributed by atoms with Gasteiger partial charge in [0.1, 0.15) is 5.92 Å². The summed E-state index contributed by atoms with van der Waals surface area (Å²) in [6, 6.07) is 9.31. The molecule has 0 aliphatic carbocycles.